The van der Waals surface area contributed by atoms with E-state index in [0.717, 1.165) is 25.7 Å². The molecule has 0 saturated heterocycles. The van der Waals surface area contributed by atoms with E-state index in [2.05, 4.69) is 5.32 Å². The summed E-state index contributed by atoms with van der Waals surface area (Å²) >= 11 is 12.0. The van der Waals surface area contributed by atoms with E-state index in [1.165, 1.54) is 23.1 Å². The number of rotatable bonds is 8. The first-order chi connectivity index (χ1) is 14.8. The SMILES string of the molecule is CC(C(=O)NC1CCCC1)N(Cc1ccc(F)cc1)C(=O)COc1ccc(Cl)cc1Cl. The van der Waals surface area contributed by atoms with Crippen LogP contribution in [0, 0.1) is 5.82 Å². The summed E-state index contributed by atoms with van der Waals surface area (Å²) in [6.45, 7) is 1.53. The van der Waals surface area contributed by atoms with Crippen molar-refractivity contribution < 1.29 is 18.7 Å². The van der Waals surface area contributed by atoms with Crippen LogP contribution in [0.15, 0.2) is 42.5 Å². The minimum Gasteiger partial charge on any atom is -0.482 e. The molecule has 1 fully saturated rings. The molecule has 1 aliphatic rings. The fourth-order valence-electron chi connectivity index (χ4n) is 3.58. The van der Waals surface area contributed by atoms with E-state index in [1.807, 2.05) is 0 Å². The topological polar surface area (TPSA) is 58.6 Å². The molecule has 0 bridgehead atoms. The zero-order valence-corrected chi connectivity index (χ0v) is 18.8. The maximum Gasteiger partial charge on any atom is 0.261 e. The molecule has 1 atom stereocenters. The second-order valence-corrected chi connectivity index (χ2v) is 8.52. The molecule has 2 amide bonds. The molecular weight excluding hydrogens is 442 g/mol. The maximum atomic E-state index is 13.3. The van der Waals surface area contributed by atoms with Crippen LogP contribution >= 0.6 is 23.2 Å². The lowest BCUT2D eigenvalue weighted by Gasteiger charge is -2.29. The van der Waals surface area contributed by atoms with Gasteiger partial charge >= 0.3 is 0 Å². The van der Waals surface area contributed by atoms with Gasteiger partial charge in [-0.25, -0.2) is 4.39 Å². The molecular formula is C23H25Cl2FN2O3. The summed E-state index contributed by atoms with van der Waals surface area (Å²) in [5, 5.41) is 3.78. The largest absolute Gasteiger partial charge is 0.482 e. The van der Waals surface area contributed by atoms with Crippen LogP contribution < -0.4 is 10.1 Å². The summed E-state index contributed by atoms with van der Waals surface area (Å²) in [5.74, 6) is -0.644. The summed E-state index contributed by atoms with van der Waals surface area (Å²) in [5.41, 5.74) is 0.708. The Bertz CT molecular complexity index is 918. The van der Waals surface area contributed by atoms with Crippen molar-refractivity contribution in [2.75, 3.05) is 6.61 Å². The lowest BCUT2D eigenvalue weighted by Crippen LogP contribution is -2.50. The molecule has 1 aliphatic carbocycles. The van der Waals surface area contributed by atoms with E-state index in [1.54, 1.807) is 31.2 Å². The van der Waals surface area contributed by atoms with Gasteiger partial charge < -0.3 is 15.0 Å². The molecule has 1 unspecified atom stereocenters. The quantitative estimate of drug-likeness (QED) is 0.596. The Morgan fingerprint density at radius 3 is 2.48 bits per heavy atom. The Morgan fingerprint density at radius 1 is 1.16 bits per heavy atom. The fourth-order valence-corrected chi connectivity index (χ4v) is 4.04. The molecule has 8 heteroatoms. The van der Waals surface area contributed by atoms with Crippen LogP contribution in [0.4, 0.5) is 4.39 Å². The number of benzene rings is 2. The molecule has 0 radical (unpaired) electrons. The molecule has 0 aliphatic heterocycles. The smallest absolute Gasteiger partial charge is 0.261 e. The van der Waals surface area contributed by atoms with Crippen molar-refractivity contribution in [3.05, 3.63) is 63.9 Å². The van der Waals surface area contributed by atoms with Gasteiger partial charge in [0.1, 0.15) is 17.6 Å². The predicted octanol–water partition coefficient (Wildman–Crippen LogP) is 4.99. The third-order valence-electron chi connectivity index (χ3n) is 5.38. The molecule has 2 aromatic carbocycles. The molecule has 31 heavy (non-hydrogen) atoms. The minimum absolute atomic E-state index is 0.141. The number of hydrogen-bond acceptors (Lipinski definition) is 3. The highest BCUT2D eigenvalue weighted by Gasteiger charge is 2.28. The van der Waals surface area contributed by atoms with Gasteiger partial charge in [0.2, 0.25) is 5.91 Å². The summed E-state index contributed by atoms with van der Waals surface area (Å²) in [4.78, 5) is 27.3. The van der Waals surface area contributed by atoms with Crippen LogP contribution in [0.25, 0.3) is 0 Å². The molecule has 166 valence electrons. The van der Waals surface area contributed by atoms with Crippen molar-refractivity contribution in [2.24, 2.45) is 0 Å². The monoisotopic (exact) mass is 466 g/mol. The zero-order chi connectivity index (χ0) is 22.4. The zero-order valence-electron chi connectivity index (χ0n) is 17.2. The van der Waals surface area contributed by atoms with Gasteiger partial charge in [0.25, 0.3) is 5.91 Å². The van der Waals surface area contributed by atoms with E-state index in [9.17, 15) is 14.0 Å². The minimum atomic E-state index is -0.720. The van der Waals surface area contributed by atoms with E-state index in [4.69, 9.17) is 27.9 Å². The second kappa shape index (κ2) is 10.8. The lowest BCUT2D eigenvalue weighted by molar-refractivity contribution is -0.142. The summed E-state index contributed by atoms with van der Waals surface area (Å²) in [7, 11) is 0. The Hall–Kier alpha value is -2.31. The summed E-state index contributed by atoms with van der Waals surface area (Å²) in [6, 6.07) is 9.97. The van der Waals surface area contributed by atoms with Gasteiger partial charge in [-0.2, -0.15) is 0 Å². The third-order valence-corrected chi connectivity index (χ3v) is 5.91. The van der Waals surface area contributed by atoms with Gasteiger partial charge in [0, 0.05) is 17.6 Å². The Labute approximate surface area is 191 Å². The number of nitrogens with one attached hydrogen (secondary N) is 1. The average molecular weight is 467 g/mol. The summed E-state index contributed by atoms with van der Waals surface area (Å²) < 4.78 is 18.9. The number of amides is 2. The van der Waals surface area contributed by atoms with Crippen molar-refractivity contribution >= 4 is 35.0 Å². The first-order valence-electron chi connectivity index (χ1n) is 10.3. The van der Waals surface area contributed by atoms with E-state index in [-0.39, 0.29) is 41.8 Å². The maximum absolute atomic E-state index is 13.3. The van der Waals surface area contributed by atoms with Gasteiger partial charge in [0.05, 0.1) is 5.02 Å². The molecule has 1 N–H and O–H groups in total. The highest BCUT2D eigenvalue weighted by atomic mass is 35.5. The number of halogens is 3. The van der Waals surface area contributed by atoms with Gasteiger partial charge in [-0.05, 0) is 55.7 Å². The van der Waals surface area contributed by atoms with Crippen LogP contribution in [0.5, 0.6) is 5.75 Å². The Balaban J connectivity index is 1.72. The van der Waals surface area contributed by atoms with Gasteiger partial charge in [-0.3, -0.25) is 9.59 Å². The number of carbonyl (C=O) groups excluding carboxylic acids is 2. The second-order valence-electron chi connectivity index (χ2n) is 7.68. The standard InChI is InChI=1S/C23H25Cl2FN2O3/c1-15(23(30)27-19-4-2-3-5-19)28(13-16-6-9-18(26)10-7-16)22(29)14-31-21-11-8-17(24)12-20(21)25/h6-12,15,19H,2-5,13-14H2,1H3,(H,27,30). The Morgan fingerprint density at radius 2 is 1.84 bits per heavy atom. The van der Waals surface area contributed by atoms with E-state index < -0.39 is 6.04 Å². The highest BCUT2D eigenvalue weighted by Crippen LogP contribution is 2.27. The fraction of sp³-hybridized carbons (Fsp3) is 0.391. The molecule has 3 rings (SSSR count). The Kier molecular flexibility index (Phi) is 8.15. The predicted molar refractivity (Wildman–Crippen MR) is 119 cm³/mol. The van der Waals surface area contributed by atoms with Crippen molar-refractivity contribution in [2.45, 2.75) is 51.2 Å². The van der Waals surface area contributed by atoms with Crippen LogP contribution in [-0.4, -0.2) is 35.4 Å². The number of hydrogen-bond donors (Lipinski definition) is 1. The molecule has 0 heterocycles. The van der Waals surface area contributed by atoms with Gasteiger partial charge in [-0.1, -0.05) is 48.2 Å². The summed E-state index contributed by atoms with van der Waals surface area (Å²) in [6.07, 6.45) is 4.07. The van der Waals surface area contributed by atoms with Crippen LogP contribution in [0.1, 0.15) is 38.2 Å². The van der Waals surface area contributed by atoms with E-state index >= 15 is 0 Å². The van der Waals surface area contributed by atoms with Crippen LogP contribution in [0.2, 0.25) is 10.0 Å². The molecule has 2 aromatic rings. The first kappa shape index (κ1) is 23.4. The first-order valence-corrected chi connectivity index (χ1v) is 11.0. The van der Waals surface area contributed by atoms with Gasteiger partial charge in [0.15, 0.2) is 6.61 Å². The average Bonchev–Trinajstić information content (AvgIpc) is 3.25. The third kappa shape index (κ3) is 6.58. The molecule has 5 nitrogen and oxygen atoms in total. The normalized spacial score (nSPS) is 14.8. The number of ether oxygens (including phenoxy) is 1. The molecule has 1 saturated carbocycles. The van der Waals surface area contributed by atoms with E-state index in [0.29, 0.717) is 16.3 Å². The van der Waals surface area contributed by atoms with Crippen molar-refractivity contribution in [3.63, 3.8) is 0 Å². The van der Waals surface area contributed by atoms with Crippen molar-refractivity contribution in [3.8, 4) is 5.75 Å². The molecule has 0 aromatic heterocycles. The van der Waals surface area contributed by atoms with Crippen LogP contribution in [-0.2, 0) is 16.1 Å². The van der Waals surface area contributed by atoms with Crippen LogP contribution in [0.3, 0.4) is 0 Å². The highest BCUT2D eigenvalue weighted by molar-refractivity contribution is 6.35. The van der Waals surface area contributed by atoms with Crippen molar-refractivity contribution in [1.29, 1.82) is 0 Å². The van der Waals surface area contributed by atoms with Gasteiger partial charge in [-0.15, -0.1) is 0 Å². The number of nitrogens with zero attached hydrogens (tertiary/aromatic N) is 1. The van der Waals surface area contributed by atoms with Crippen molar-refractivity contribution in [1.82, 2.24) is 10.2 Å². The number of carbonyl (C=O) groups is 2. The molecule has 0 spiro atoms. The lowest BCUT2D eigenvalue weighted by atomic mass is 10.1.